The Morgan fingerprint density at radius 3 is 0.979 bits per heavy atom. The SMILES string of the molecule is Cc1nc(-c2ccccc2)nc(-c2cc(-c3nc(C)nc(-c4ccccc4)n3)cc(-c3nc(C)nc(-c4ccc(C#N)cc4)n3)c2)n1. The molecule has 0 amide bonds. The molecule has 0 aliphatic rings. The number of aryl methyl sites for hydroxylation is 3. The van der Waals surface area contributed by atoms with Crippen LogP contribution in [-0.4, -0.2) is 44.9 Å². The number of benzene rings is 4. The number of rotatable bonds is 6. The molecule has 0 aliphatic carbocycles. The van der Waals surface area contributed by atoms with Crippen molar-refractivity contribution in [1.29, 1.82) is 5.26 Å². The monoisotopic (exact) mass is 610 g/mol. The zero-order valence-electron chi connectivity index (χ0n) is 25.8. The standard InChI is InChI=1S/C37H26N10/c1-22-39-32(26-10-6-4-7-11-26)45-35(42-22)29-18-30(36-43-23(2)40-33(46-36)27-12-8-5-9-13-27)20-31(19-29)37-44-24(3)41-34(47-37)28-16-14-25(21-38)15-17-28/h4-20H,1-3H3. The van der Waals surface area contributed by atoms with Crippen LogP contribution in [0.4, 0.5) is 0 Å². The molecule has 0 spiro atoms. The maximum atomic E-state index is 9.25. The Kier molecular flexibility index (Phi) is 7.70. The van der Waals surface area contributed by atoms with E-state index >= 15 is 0 Å². The van der Waals surface area contributed by atoms with Crippen molar-refractivity contribution in [2.45, 2.75) is 20.8 Å². The predicted octanol–water partition coefficient (Wildman–Crippen LogP) is 7.04. The average Bonchev–Trinajstić information content (AvgIpc) is 3.11. The summed E-state index contributed by atoms with van der Waals surface area (Å²) in [6.45, 7) is 5.53. The zero-order chi connectivity index (χ0) is 32.3. The lowest BCUT2D eigenvalue weighted by Crippen LogP contribution is -2.03. The second-order valence-electron chi connectivity index (χ2n) is 10.8. The van der Waals surface area contributed by atoms with Crippen LogP contribution in [0, 0.1) is 32.1 Å². The normalized spacial score (nSPS) is 10.9. The maximum Gasteiger partial charge on any atom is 0.163 e. The first-order valence-electron chi connectivity index (χ1n) is 14.9. The molecule has 0 atom stereocenters. The zero-order valence-corrected chi connectivity index (χ0v) is 25.8. The summed E-state index contributed by atoms with van der Waals surface area (Å²) in [5, 5.41) is 9.25. The first-order chi connectivity index (χ1) is 22.9. The maximum absolute atomic E-state index is 9.25. The van der Waals surface area contributed by atoms with Crippen LogP contribution in [0.3, 0.4) is 0 Å². The largest absolute Gasteiger partial charge is 0.213 e. The first kappa shape index (κ1) is 29.1. The van der Waals surface area contributed by atoms with E-state index in [1.165, 1.54) is 0 Å². The average molecular weight is 611 g/mol. The summed E-state index contributed by atoms with van der Waals surface area (Å²) in [4.78, 5) is 42.6. The van der Waals surface area contributed by atoms with E-state index in [9.17, 15) is 5.26 Å². The van der Waals surface area contributed by atoms with Gasteiger partial charge in [-0.3, -0.25) is 0 Å². The van der Waals surface area contributed by atoms with Crippen molar-refractivity contribution in [1.82, 2.24) is 44.9 Å². The molecule has 0 radical (unpaired) electrons. The molecule has 0 unspecified atom stereocenters. The van der Waals surface area contributed by atoms with E-state index in [1.54, 1.807) is 12.1 Å². The summed E-state index contributed by atoms with van der Waals surface area (Å²) in [5.74, 6) is 4.80. The summed E-state index contributed by atoms with van der Waals surface area (Å²) in [6.07, 6.45) is 0. The van der Waals surface area contributed by atoms with Gasteiger partial charge in [-0.15, -0.1) is 0 Å². The summed E-state index contributed by atoms with van der Waals surface area (Å²) >= 11 is 0. The summed E-state index contributed by atoms with van der Waals surface area (Å²) in [6, 6.07) is 34.8. The van der Waals surface area contributed by atoms with Gasteiger partial charge in [0, 0.05) is 33.4 Å². The summed E-state index contributed by atoms with van der Waals surface area (Å²) in [5.41, 5.74) is 5.25. The predicted molar refractivity (Wildman–Crippen MR) is 178 cm³/mol. The summed E-state index contributed by atoms with van der Waals surface area (Å²) < 4.78 is 0. The Balaban J connectivity index is 1.42. The lowest BCUT2D eigenvalue weighted by atomic mass is 10.0. The number of hydrogen-bond acceptors (Lipinski definition) is 10. The van der Waals surface area contributed by atoms with Crippen LogP contribution in [0.25, 0.3) is 68.3 Å². The smallest absolute Gasteiger partial charge is 0.163 e. The highest BCUT2D eigenvalue weighted by atomic mass is 15.0. The molecule has 224 valence electrons. The Hall–Kier alpha value is -6.60. The fraction of sp³-hybridized carbons (Fsp3) is 0.0811. The molecule has 0 aliphatic heterocycles. The quantitative estimate of drug-likeness (QED) is 0.192. The molecular weight excluding hydrogens is 584 g/mol. The molecule has 0 bridgehead atoms. The van der Waals surface area contributed by atoms with Gasteiger partial charge in [0.15, 0.2) is 34.9 Å². The van der Waals surface area contributed by atoms with Gasteiger partial charge in [-0.1, -0.05) is 60.7 Å². The molecule has 10 heteroatoms. The van der Waals surface area contributed by atoms with Gasteiger partial charge in [0.2, 0.25) is 0 Å². The second-order valence-corrected chi connectivity index (χ2v) is 10.8. The van der Waals surface area contributed by atoms with Crippen molar-refractivity contribution in [3.05, 3.63) is 126 Å². The lowest BCUT2D eigenvalue weighted by molar-refractivity contribution is 0.984. The van der Waals surface area contributed by atoms with E-state index in [0.29, 0.717) is 63.5 Å². The molecule has 47 heavy (non-hydrogen) atoms. The molecule has 7 aromatic rings. The molecule has 10 nitrogen and oxygen atoms in total. The highest BCUT2D eigenvalue weighted by Gasteiger charge is 2.17. The van der Waals surface area contributed by atoms with Crippen LogP contribution in [0.2, 0.25) is 0 Å². The fourth-order valence-corrected chi connectivity index (χ4v) is 5.10. The van der Waals surface area contributed by atoms with Gasteiger partial charge in [-0.25, -0.2) is 44.9 Å². The van der Waals surface area contributed by atoms with Gasteiger partial charge in [0.1, 0.15) is 17.5 Å². The van der Waals surface area contributed by atoms with E-state index in [-0.39, 0.29) is 0 Å². The van der Waals surface area contributed by atoms with Crippen molar-refractivity contribution >= 4 is 0 Å². The molecule has 0 fully saturated rings. The van der Waals surface area contributed by atoms with Crippen molar-refractivity contribution in [2.24, 2.45) is 0 Å². The minimum absolute atomic E-state index is 0.461. The van der Waals surface area contributed by atoms with Gasteiger partial charge in [-0.2, -0.15) is 5.26 Å². The third-order valence-corrected chi connectivity index (χ3v) is 7.29. The van der Waals surface area contributed by atoms with Crippen LogP contribution in [-0.2, 0) is 0 Å². The van der Waals surface area contributed by atoms with Gasteiger partial charge in [0.05, 0.1) is 11.6 Å². The van der Waals surface area contributed by atoms with E-state index in [0.717, 1.165) is 27.8 Å². The number of nitriles is 1. The van der Waals surface area contributed by atoms with Crippen LogP contribution < -0.4 is 0 Å². The van der Waals surface area contributed by atoms with Gasteiger partial charge in [0.25, 0.3) is 0 Å². The van der Waals surface area contributed by atoms with E-state index in [1.807, 2.05) is 112 Å². The Labute approximate surface area is 271 Å². The van der Waals surface area contributed by atoms with Crippen LogP contribution >= 0.6 is 0 Å². The van der Waals surface area contributed by atoms with Crippen LogP contribution in [0.5, 0.6) is 0 Å². The van der Waals surface area contributed by atoms with Crippen LogP contribution in [0.1, 0.15) is 23.0 Å². The molecule has 0 N–H and O–H groups in total. The number of aromatic nitrogens is 9. The number of nitrogens with zero attached hydrogens (tertiary/aromatic N) is 10. The van der Waals surface area contributed by atoms with Crippen molar-refractivity contribution < 1.29 is 0 Å². The van der Waals surface area contributed by atoms with E-state index < -0.39 is 0 Å². The molecule has 7 rings (SSSR count). The highest BCUT2D eigenvalue weighted by Crippen LogP contribution is 2.31. The van der Waals surface area contributed by atoms with E-state index in [2.05, 4.69) is 21.0 Å². The molecule has 4 aromatic carbocycles. The Bertz CT molecular complexity index is 2170. The van der Waals surface area contributed by atoms with Crippen molar-refractivity contribution in [3.8, 4) is 74.4 Å². The third-order valence-electron chi connectivity index (χ3n) is 7.29. The third kappa shape index (κ3) is 6.32. The fourth-order valence-electron chi connectivity index (χ4n) is 5.10. The molecule has 3 heterocycles. The topological polar surface area (TPSA) is 140 Å². The minimum Gasteiger partial charge on any atom is -0.213 e. The van der Waals surface area contributed by atoms with Gasteiger partial charge < -0.3 is 0 Å². The van der Waals surface area contributed by atoms with Gasteiger partial charge in [-0.05, 0) is 63.2 Å². The number of hydrogen-bond donors (Lipinski definition) is 0. The summed E-state index contributed by atoms with van der Waals surface area (Å²) in [7, 11) is 0. The molecule has 0 saturated carbocycles. The lowest BCUT2D eigenvalue weighted by Gasteiger charge is -2.12. The highest BCUT2D eigenvalue weighted by molar-refractivity contribution is 5.76. The Morgan fingerprint density at radius 1 is 0.362 bits per heavy atom. The minimum atomic E-state index is 0.461. The first-order valence-corrected chi connectivity index (χ1v) is 14.9. The van der Waals surface area contributed by atoms with Crippen LogP contribution in [0.15, 0.2) is 103 Å². The van der Waals surface area contributed by atoms with E-state index in [4.69, 9.17) is 29.9 Å². The van der Waals surface area contributed by atoms with Crippen molar-refractivity contribution in [3.63, 3.8) is 0 Å². The molecule has 0 saturated heterocycles. The van der Waals surface area contributed by atoms with Gasteiger partial charge >= 0.3 is 0 Å². The molecular formula is C37H26N10. The molecule has 3 aromatic heterocycles. The Morgan fingerprint density at radius 2 is 0.660 bits per heavy atom. The van der Waals surface area contributed by atoms with Crippen molar-refractivity contribution in [2.75, 3.05) is 0 Å². The second kappa shape index (κ2) is 12.4.